The number of halogens is 6. The van der Waals surface area contributed by atoms with Gasteiger partial charge in [0.25, 0.3) is 0 Å². The summed E-state index contributed by atoms with van der Waals surface area (Å²) >= 11 is 0.277. The number of ether oxygens (including phenoxy) is 1. The maximum Gasteiger partial charge on any atom is 0.499 e. The predicted molar refractivity (Wildman–Crippen MR) is 95.1 cm³/mol. The SMILES string of the molecule is CC1=C(CC(=O)O)C2=C(F)C(O)=C(C(=O)c3csc(OC(F)(F)C(F)(F)F)c3)CC2=N1. The minimum absolute atomic E-state index is 0.0114. The zero-order valence-electron chi connectivity index (χ0n) is 15.3. The first kappa shape index (κ1) is 22.6. The fraction of sp³-hybridized carbons (Fsp3) is 0.278. The van der Waals surface area contributed by atoms with Crippen molar-refractivity contribution in [2.45, 2.75) is 32.1 Å². The van der Waals surface area contributed by atoms with Crippen molar-refractivity contribution in [3.8, 4) is 5.06 Å². The van der Waals surface area contributed by atoms with Crippen molar-refractivity contribution in [1.82, 2.24) is 0 Å². The number of thiophene rings is 1. The van der Waals surface area contributed by atoms with Crippen LogP contribution in [0.15, 0.2) is 50.4 Å². The lowest BCUT2D eigenvalue weighted by molar-refractivity contribution is -0.359. The molecule has 1 aliphatic heterocycles. The lowest BCUT2D eigenvalue weighted by Gasteiger charge is -2.19. The number of carbonyl (C=O) groups is 2. The molecule has 2 heterocycles. The van der Waals surface area contributed by atoms with Gasteiger partial charge >= 0.3 is 18.3 Å². The second-order valence-electron chi connectivity index (χ2n) is 6.49. The number of carboxylic acid groups (broad SMARTS) is 1. The topological polar surface area (TPSA) is 96.2 Å². The van der Waals surface area contributed by atoms with Crippen LogP contribution in [-0.4, -0.2) is 40.0 Å². The predicted octanol–water partition coefficient (Wildman–Crippen LogP) is 5.11. The van der Waals surface area contributed by atoms with E-state index in [1.165, 1.54) is 6.92 Å². The highest BCUT2D eigenvalue weighted by Gasteiger charge is 2.61. The van der Waals surface area contributed by atoms with Crippen LogP contribution in [-0.2, 0) is 4.79 Å². The van der Waals surface area contributed by atoms with Crippen molar-refractivity contribution >= 4 is 28.8 Å². The van der Waals surface area contributed by atoms with Crippen LogP contribution < -0.4 is 4.74 Å². The molecule has 2 aliphatic rings. The fourth-order valence-corrected chi connectivity index (χ4v) is 3.74. The van der Waals surface area contributed by atoms with E-state index in [4.69, 9.17) is 5.11 Å². The number of aliphatic carboxylic acids is 1. The maximum atomic E-state index is 14.8. The van der Waals surface area contributed by atoms with Gasteiger partial charge in [-0.2, -0.15) is 22.0 Å². The van der Waals surface area contributed by atoms with E-state index in [9.17, 15) is 41.0 Å². The molecule has 3 rings (SSSR count). The summed E-state index contributed by atoms with van der Waals surface area (Å²) in [7, 11) is 0. The molecule has 0 saturated carbocycles. The van der Waals surface area contributed by atoms with E-state index in [1.54, 1.807) is 0 Å². The number of aliphatic hydroxyl groups is 1. The molecule has 13 heteroatoms. The number of aliphatic hydroxyl groups excluding tert-OH is 1. The van der Waals surface area contributed by atoms with Gasteiger partial charge in [-0.25, -0.2) is 4.39 Å². The zero-order valence-corrected chi connectivity index (χ0v) is 16.1. The maximum absolute atomic E-state index is 14.8. The van der Waals surface area contributed by atoms with Crippen LogP contribution in [0.25, 0.3) is 0 Å². The minimum Gasteiger partial charge on any atom is -0.505 e. The molecule has 31 heavy (non-hydrogen) atoms. The number of aliphatic imine (C=N–C) groups is 1. The van der Waals surface area contributed by atoms with E-state index >= 15 is 0 Å². The Morgan fingerprint density at radius 3 is 2.48 bits per heavy atom. The summed E-state index contributed by atoms with van der Waals surface area (Å²) in [6.07, 6.45) is -12.4. The second kappa shape index (κ2) is 7.55. The summed E-state index contributed by atoms with van der Waals surface area (Å²) in [4.78, 5) is 27.7. The van der Waals surface area contributed by atoms with E-state index in [2.05, 4.69) is 9.73 Å². The lowest BCUT2D eigenvalue weighted by atomic mass is 9.87. The van der Waals surface area contributed by atoms with Crippen molar-refractivity contribution < 1.29 is 50.9 Å². The summed E-state index contributed by atoms with van der Waals surface area (Å²) in [6.45, 7) is 1.42. The summed E-state index contributed by atoms with van der Waals surface area (Å²) in [6, 6.07) is 0.611. The van der Waals surface area contributed by atoms with Gasteiger partial charge in [-0.15, -0.1) is 11.3 Å². The number of Topliss-reactive ketones (excluding diaryl/α,β-unsaturated/α-hetero) is 1. The van der Waals surface area contributed by atoms with Crippen LogP contribution in [0, 0.1) is 0 Å². The highest BCUT2D eigenvalue weighted by atomic mass is 32.1. The molecule has 0 amide bonds. The van der Waals surface area contributed by atoms with Crippen molar-refractivity contribution in [2.24, 2.45) is 4.99 Å². The number of alkyl halides is 5. The monoisotopic (exact) mass is 467 g/mol. The Morgan fingerprint density at radius 2 is 1.90 bits per heavy atom. The summed E-state index contributed by atoms with van der Waals surface area (Å²) in [5, 5.41) is 19.1. The van der Waals surface area contributed by atoms with Gasteiger partial charge in [-0.1, -0.05) is 0 Å². The zero-order chi connectivity index (χ0) is 23.3. The average molecular weight is 467 g/mol. The molecular formula is C18H11F6NO5S. The molecule has 6 nitrogen and oxygen atoms in total. The number of carboxylic acids is 1. The normalized spacial score (nSPS) is 17.2. The summed E-state index contributed by atoms with van der Waals surface area (Å²) in [5.74, 6) is -4.68. The Hall–Kier alpha value is -3.09. The van der Waals surface area contributed by atoms with Gasteiger partial charge in [0.15, 0.2) is 22.4 Å². The second-order valence-corrected chi connectivity index (χ2v) is 7.36. The van der Waals surface area contributed by atoms with Crippen molar-refractivity contribution in [1.29, 1.82) is 0 Å². The van der Waals surface area contributed by atoms with Crippen LogP contribution in [0.4, 0.5) is 26.3 Å². The number of carbonyl (C=O) groups excluding carboxylic acids is 1. The van der Waals surface area contributed by atoms with Crippen molar-refractivity contribution in [3.05, 3.63) is 51.0 Å². The molecular weight excluding hydrogens is 456 g/mol. The molecule has 0 spiro atoms. The highest BCUT2D eigenvalue weighted by molar-refractivity contribution is 7.12. The molecule has 1 aromatic heterocycles. The molecule has 166 valence electrons. The van der Waals surface area contributed by atoms with Gasteiger partial charge in [-0.05, 0) is 12.5 Å². The first-order chi connectivity index (χ1) is 14.2. The average Bonchev–Trinajstić information content (AvgIpc) is 3.21. The number of nitrogens with zero attached hydrogens (tertiary/aromatic N) is 1. The van der Waals surface area contributed by atoms with E-state index in [0.717, 1.165) is 5.38 Å². The molecule has 0 fully saturated rings. The Morgan fingerprint density at radius 1 is 1.26 bits per heavy atom. The Labute approximate surface area is 173 Å². The fourth-order valence-electron chi connectivity index (χ4n) is 2.97. The minimum atomic E-state index is -5.98. The van der Waals surface area contributed by atoms with Gasteiger partial charge < -0.3 is 14.9 Å². The van der Waals surface area contributed by atoms with Crippen LogP contribution in [0.2, 0.25) is 0 Å². The highest BCUT2D eigenvalue weighted by Crippen LogP contribution is 2.42. The smallest absolute Gasteiger partial charge is 0.499 e. The molecule has 0 bridgehead atoms. The number of rotatable bonds is 6. The Balaban J connectivity index is 1.90. The first-order valence-corrected chi connectivity index (χ1v) is 9.19. The van der Waals surface area contributed by atoms with E-state index < -0.39 is 64.7 Å². The summed E-state index contributed by atoms with van der Waals surface area (Å²) < 4.78 is 81.2. The third kappa shape index (κ3) is 4.09. The first-order valence-electron chi connectivity index (χ1n) is 8.31. The molecule has 0 radical (unpaired) electrons. The van der Waals surface area contributed by atoms with Crippen molar-refractivity contribution in [3.63, 3.8) is 0 Å². The number of hydrogen-bond donors (Lipinski definition) is 2. The quantitative estimate of drug-likeness (QED) is 0.448. The van der Waals surface area contributed by atoms with Crippen LogP contribution in [0.1, 0.15) is 30.1 Å². The van der Waals surface area contributed by atoms with Crippen LogP contribution in [0.5, 0.6) is 5.06 Å². The van der Waals surface area contributed by atoms with E-state index in [-0.39, 0.29) is 33.9 Å². The standard InChI is InChI=1S/C18H11F6NO5S/c1-6-8(4-11(26)27)13-10(25-6)3-9(16(29)14(13)19)15(28)7-2-12(31-5-7)30-18(23,24)17(20,21)22/h2,5,29H,3-4H2,1H3,(H,26,27). The molecule has 1 aromatic rings. The molecule has 0 aromatic carbocycles. The van der Waals surface area contributed by atoms with Gasteiger partial charge in [0.2, 0.25) is 0 Å². The van der Waals surface area contributed by atoms with E-state index in [0.29, 0.717) is 6.07 Å². The summed E-state index contributed by atoms with van der Waals surface area (Å²) in [5.41, 5.74) is -0.972. The Bertz CT molecular complexity index is 1110. The van der Waals surface area contributed by atoms with Gasteiger partial charge in [0.05, 0.1) is 17.7 Å². The van der Waals surface area contributed by atoms with Crippen molar-refractivity contribution in [2.75, 3.05) is 0 Å². The van der Waals surface area contributed by atoms with Gasteiger partial charge in [0, 0.05) is 34.7 Å². The molecule has 0 unspecified atom stereocenters. The molecule has 1 aliphatic carbocycles. The number of allylic oxidation sites excluding steroid dienone is 4. The molecule has 0 saturated heterocycles. The number of fused-ring (bicyclic) bond motifs is 1. The van der Waals surface area contributed by atoms with Gasteiger partial charge in [0.1, 0.15) is 0 Å². The number of hydrogen-bond acceptors (Lipinski definition) is 6. The number of ketones is 1. The Kier molecular flexibility index (Phi) is 5.50. The largest absolute Gasteiger partial charge is 0.505 e. The van der Waals surface area contributed by atoms with E-state index in [1.807, 2.05) is 0 Å². The third-order valence-corrected chi connectivity index (χ3v) is 5.19. The lowest BCUT2D eigenvalue weighted by Crippen LogP contribution is -2.41. The molecule has 0 atom stereocenters. The van der Waals surface area contributed by atoms with Crippen LogP contribution >= 0.6 is 11.3 Å². The van der Waals surface area contributed by atoms with Gasteiger partial charge in [-0.3, -0.25) is 14.6 Å². The molecule has 2 N–H and O–H groups in total. The third-order valence-electron chi connectivity index (χ3n) is 4.39. The van der Waals surface area contributed by atoms with Crippen LogP contribution in [0.3, 0.4) is 0 Å².